The minimum Gasteiger partial charge on any atom is -0.449 e. The molecular weight excluding hydrogens is 230 g/mol. The van der Waals surface area contributed by atoms with Gasteiger partial charge in [-0.3, -0.25) is 0 Å². The Bertz CT molecular complexity index is 422. The molecule has 1 heterocycles. The molecule has 0 aliphatic heterocycles. The molecule has 0 radical (unpaired) electrons. The minimum atomic E-state index is 0.782. The first-order valence-corrected chi connectivity index (χ1v) is 4.91. The van der Waals surface area contributed by atoms with Gasteiger partial charge in [-0.15, -0.1) is 0 Å². The number of rotatable bonds is 2. The molecule has 2 nitrogen and oxygen atoms in total. The topological polar surface area (TPSA) is 25.2 Å². The average molecular weight is 240 g/mol. The second-order valence-corrected chi connectivity index (χ2v) is 3.73. The molecular formula is C10H10BrNO. The van der Waals surface area contributed by atoms with Crippen LogP contribution in [0.4, 0.5) is 0 Å². The monoisotopic (exact) mass is 239 g/mol. The van der Waals surface area contributed by atoms with Gasteiger partial charge in [-0.05, 0) is 46.7 Å². The zero-order chi connectivity index (χ0) is 9.26. The molecule has 1 aromatic carbocycles. The van der Waals surface area contributed by atoms with Gasteiger partial charge in [-0.25, -0.2) is 0 Å². The van der Waals surface area contributed by atoms with Gasteiger partial charge < -0.3 is 9.73 Å². The number of hydrogen-bond donors (Lipinski definition) is 1. The lowest BCUT2D eigenvalue weighted by Crippen LogP contribution is -2.04. The first-order chi connectivity index (χ1) is 6.29. The quantitative estimate of drug-likeness (QED) is 0.872. The van der Waals surface area contributed by atoms with Crippen molar-refractivity contribution >= 4 is 26.9 Å². The van der Waals surface area contributed by atoms with Gasteiger partial charge in [0.1, 0.15) is 5.58 Å². The molecule has 2 rings (SSSR count). The lowest BCUT2D eigenvalue weighted by atomic mass is 10.1. The fourth-order valence-corrected chi connectivity index (χ4v) is 1.80. The maximum atomic E-state index is 5.40. The molecule has 0 fully saturated rings. The molecule has 0 amide bonds. The molecule has 0 saturated heterocycles. The van der Waals surface area contributed by atoms with E-state index in [4.69, 9.17) is 4.42 Å². The van der Waals surface area contributed by atoms with Crippen molar-refractivity contribution in [1.29, 1.82) is 0 Å². The highest BCUT2D eigenvalue weighted by molar-refractivity contribution is 9.10. The molecule has 13 heavy (non-hydrogen) atoms. The van der Waals surface area contributed by atoms with Crippen LogP contribution >= 0.6 is 15.9 Å². The van der Waals surface area contributed by atoms with Crippen LogP contribution < -0.4 is 5.32 Å². The van der Waals surface area contributed by atoms with Crippen molar-refractivity contribution in [3.63, 3.8) is 0 Å². The molecule has 1 N–H and O–H groups in total. The van der Waals surface area contributed by atoms with Crippen LogP contribution in [0.1, 0.15) is 5.56 Å². The maximum Gasteiger partial charge on any atom is 0.170 e. The lowest BCUT2D eigenvalue weighted by molar-refractivity contribution is 0.587. The Labute approximate surface area is 85.1 Å². The summed E-state index contributed by atoms with van der Waals surface area (Å²) >= 11 is 3.31. The number of hydrogen-bond acceptors (Lipinski definition) is 2. The zero-order valence-corrected chi connectivity index (χ0v) is 8.89. The van der Waals surface area contributed by atoms with Crippen LogP contribution in [0.2, 0.25) is 0 Å². The van der Waals surface area contributed by atoms with E-state index in [0.29, 0.717) is 0 Å². The van der Waals surface area contributed by atoms with E-state index >= 15 is 0 Å². The average Bonchev–Trinajstić information content (AvgIpc) is 2.44. The summed E-state index contributed by atoms with van der Waals surface area (Å²) in [5, 5.41) is 4.25. The Morgan fingerprint density at radius 3 is 3.00 bits per heavy atom. The Morgan fingerprint density at radius 2 is 2.23 bits per heavy atom. The van der Waals surface area contributed by atoms with Crippen LogP contribution in [0.5, 0.6) is 0 Å². The van der Waals surface area contributed by atoms with E-state index in [2.05, 4.69) is 33.4 Å². The van der Waals surface area contributed by atoms with Crippen LogP contribution in [-0.2, 0) is 6.54 Å². The molecule has 0 bridgehead atoms. The summed E-state index contributed by atoms with van der Waals surface area (Å²) in [6.45, 7) is 0.888. The molecule has 0 aliphatic rings. The van der Waals surface area contributed by atoms with Gasteiger partial charge in [0, 0.05) is 11.9 Å². The number of halogens is 1. The van der Waals surface area contributed by atoms with Crippen molar-refractivity contribution in [1.82, 2.24) is 5.32 Å². The number of furan rings is 1. The molecule has 2 aromatic rings. The highest BCUT2D eigenvalue weighted by Gasteiger charge is 2.01. The highest BCUT2D eigenvalue weighted by Crippen LogP contribution is 2.24. The van der Waals surface area contributed by atoms with E-state index in [1.54, 1.807) is 0 Å². The molecule has 0 saturated carbocycles. The van der Waals surface area contributed by atoms with Gasteiger partial charge in [0.2, 0.25) is 0 Å². The van der Waals surface area contributed by atoms with Gasteiger partial charge >= 0.3 is 0 Å². The van der Waals surface area contributed by atoms with Gasteiger partial charge in [-0.2, -0.15) is 0 Å². The Kier molecular flexibility index (Phi) is 2.38. The van der Waals surface area contributed by atoms with Crippen molar-refractivity contribution < 1.29 is 4.42 Å². The van der Waals surface area contributed by atoms with Gasteiger partial charge in [0.25, 0.3) is 0 Å². The number of benzene rings is 1. The molecule has 1 aromatic heterocycles. The normalized spacial score (nSPS) is 10.9. The van der Waals surface area contributed by atoms with E-state index in [1.807, 2.05) is 19.2 Å². The Balaban J connectivity index is 2.48. The Morgan fingerprint density at radius 1 is 1.38 bits per heavy atom. The zero-order valence-electron chi connectivity index (χ0n) is 7.30. The predicted molar refractivity (Wildman–Crippen MR) is 56.7 cm³/mol. The third-order valence-corrected chi connectivity index (χ3v) is 2.32. The van der Waals surface area contributed by atoms with Crippen molar-refractivity contribution in [3.8, 4) is 0 Å². The number of fused-ring (bicyclic) bond motifs is 1. The molecule has 0 aliphatic carbocycles. The third-order valence-electron chi connectivity index (χ3n) is 1.93. The van der Waals surface area contributed by atoms with E-state index in [9.17, 15) is 0 Å². The standard InChI is InChI=1S/C10H10BrNO/c1-12-6-7-2-3-9-8(4-7)5-10(11)13-9/h2-5,12H,6H2,1H3. The largest absolute Gasteiger partial charge is 0.449 e. The van der Waals surface area contributed by atoms with E-state index < -0.39 is 0 Å². The van der Waals surface area contributed by atoms with Gasteiger partial charge in [-0.1, -0.05) is 6.07 Å². The molecule has 68 valence electrons. The first kappa shape index (κ1) is 8.78. The van der Waals surface area contributed by atoms with Gasteiger partial charge in [0.15, 0.2) is 4.67 Å². The van der Waals surface area contributed by atoms with E-state index in [-0.39, 0.29) is 0 Å². The molecule has 3 heteroatoms. The van der Waals surface area contributed by atoms with Crippen LogP contribution in [0.3, 0.4) is 0 Å². The first-order valence-electron chi connectivity index (χ1n) is 4.12. The van der Waals surface area contributed by atoms with Crippen LogP contribution in [0.25, 0.3) is 11.0 Å². The Hall–Kier alpha value is -0.800. The van der Waals surface area contributed by atoms with Crippen LogP contribution in [0, 0.1) is 0 Å². The lowest BCUT2D eigenvalue weighted by Gasteiger charge is -1.98. The summed E-state index contributed by atoms with van der Waals surface area (Å²) in [6, 6.07) is 8.16. The van der Waals surface area contributed by atoms with Crippen molar-refractivity contribution in [2.45, 2.75) is 6.54 Å². The van der Waals surface area contributed by atoms with Crippen LogP contribution in [-0.4, -0.2) is 7.05 Å². The second-order valence-electron chi connectivity index (χ2n) is 2.95. The molecule has 0 atom stereocenters. The van der Waals surface area contributed by atoms with Crippen LogP contribution in [0.15, 0.2) is 33.4 Å². The maximum absolute atomic E-state index is 5.40. The smallest absolute Gasteiger partial charge is 0.170 e. The summed E-state index contributed by atoms with van der Waals surface area (Å²) in [6.07, 6.45) is 0. The molecule has 0 unspecified atom stereocenters. The second kappa shape index (κ2) is 3.52. The minimum absolute atomic E-state index is 0.782. The van der Waals surface area contributed by atoms with E-state index in [0.717, 1.165) is 22.2 Å². The highest BCUT2D eigenvalue weighted by atomic mass is 79.9. The van der Waals surface area contributed by atoms with Crippen molar-refractivity contribution in [3.05, 3.63) is 34.5 Å². The SMILES string of the molecule is CNCc1ccc2oc(Br)cc2c1. The van der Waals surface area contributed by atoms with E-state index in [1.165, 1.54) is 5.56 Å². The summed E-state index contributed by atoms with van der Waals surface area (Å²) in [4.78, 5) is 0. The molecule has 0 spiro atoms. The summed E-state index contributed by atoms with van der Waals surface area (Å²) in [5.41, 5.74) is 2.19. The fourth-order valence-electron chi connectivity index (χ4n) is 1.37. The summed E-state index contributed by atoms with van der Waals surface area (Å²) in [7, 11) is 1.94. The van der Waals surface area contributed by atoms with Crippen molar-refractivity contribution in [2.24, 2.45) is 0 Å². The van der Waals surface area contributed by atoms with Gasteiger partial charge in [0.05, 0.1) is 0 Å². The number of nitrogens with one attached hydrogen (secondary N) is 1. The summed E-state index contributed by atoms with van der Waals surface area (Å²) < 4.78 is 6.18. The van der Waals surface area contributed by atoms with Crippen molar-refractivity contribution in [2.75, 3.05) is 7.05 Å². The fraction of sp³-hybridized carbons (Fsp3) is 0.200. The summed E-state index contributed by atoms with van der Waals surface area (Å²) in [5.74, 6) is 0. The predicted octanol–water partition coefficient (Wildman–Crippen LogP) is 2.91. The third kappa shape index (κ3) is 1.76.